The summed E-state index contributed by atoms with van der Waals surface area (Å²) in [6, 6.07) is 10.2. The molecule has 1 fully saturated rings. The van der Waals surface area contributed by atoms with E-state index in [1.54, 1.807) is 0 Å². The van der Waals surface area contributed by atoms with E-state index in [0.29, 0.717) is 5.92 Å². The highest BCUT2D eigenvalue weighted by molar-refractivity contribution is 5.31. The van der Waals surface area contributed by atoms with Crippen LogP contribution >= 0.6 is 0 Å². The molecular weight excluding hydrogens is 222 g/mol. The zero-order valence-corrected chi connectivity index (χ0v) is 10.4. The van der Waals surface area contributed by atoms with E-state index >= 15 is 0 Å². The number of para-hydroxylation sites is 1. The van der Waals surface area contributed by atoms with E-state index in [-0.39, 0.29) is 0 Å². The average Bonchev–Trinajstić information content (AvgIpc) is 3.18. The van der Waals surface area contributed by atoms with Crippen molar-refractivity contribution in [2.75, 3.05) is 0 Å². The van der Waals surface area contributed by atoms with Crippen molar-refractivity contribution in [2.24, 2.45) is 0 Å². The zero-order valence-electron chi connectivity index (χ0n) is 10.4. The number of aryl methyl sites for hydroxylation is 1. The van der Waals surface area contributed by atoms with Crippen LogP contribution in [0.25, 0.3) is 5.69 Å². The van der Waals surface area contributed by atoms with Gasteiger partial charge in [0, 0.05) is 12.3 Å². The van der Waals surface area contributed by atoms with Crippen LogP contribution in [0.1, 0.15) is 36.8 Å². The first-order chi connectivity index (χ1) is 8.88. The Kier molecular flexibility index (Phi) is 2.97. The first kappa shape index (κ1) is 11.2. The molecule has 1 aliphatic rings. The predicted molar refractivity (Wildman–Crippen MR) is 71.9 cm³/mol. The van der Waals surface area contributed by atoms with Crippen molar-refractivity contribution in [2.45, 2.75) is 31.6 Å². The third-order valence-corrected chi connectivity index (χ3v) is 3.21. The first-order valence-electron chi connectivity index (χ1n) is 6.50. The molecule has 0 amide bonds. The number of allylic oxidation sites excluding steroid dienone is 1. The van der Waals surface area contributed by atoms with Crippen LogP contribution in [-0.2, 0) is 6.42 Å². The van der Waals surface area contributed by atoms with E-state index < -0.39 is 0 Å². The highest BCUT2D eigenvalue weighted by atomic mass is 15.4. The fourth-order valence-electron chi connectivity index (χ4n) is 2.05. The van der Waals surface area contributed by atoms with E-state index in [2.05, 4.69) is 23.8 Å². The molecule has 18 heavy (non-hydrogen) atoms. The Morgan fingerprint density at radius 2 is 2.06 bits per heavy atom. The van der Waals surface area contributed by atoms with Gasteiger partial charge in [-0.1, -0.05) is 24.3 Å². The molecule has 0 bridgehead atoms. The maximum atomic E-state index is 4.69. The minimum atomic E-state index is 0.595. The van der Waals surface area contributed by atoms with Crippen molar-refractivity contribution in [1.29, 1.82) is 0 Å². The Bertz CT molecular complexity index is 538. The van der Waals surface area contributed by atoms with Gasteiger partial charge in [-0.25, -0.2) is 9.67 Å². The standard InChI is InChI=1S/C15H17N3/c1-2-3-9-14-16-15(12-10-11-12)17-18(14)13-7-5-4-6-8-13/h2,4-8,12H,1,3,9-11H2. The molecule has 2 aromatic rings. The molecule has 0 unspecified atom stereocenters. The SMILES string of the molecule is C=CCCc1nc(C2CC2)nn1-c1ccccc1. The number of benzene rings is 1. The van der Waals surface area contributed by atoms with Crippen molar-refractivity contribution in [3.8, 4) is 5.69 Å². The average molecular weight is 239 g/mol. The molecule has 0 spiro atoms. The van der Waals surface area contributed by atoms with E-state index in [1.807, 2.05) is 29.0 Å². The van der Waals surface area contributed by atoms with E-state index in [0.717, 1.165) is 30.2 Å². The molecule has 0 saturated heterocycles. The molecule has 0 radical (unpaired) electrons. The van der Waals surface area contributed by atoms with Crippen LogP contribution in [0.15, 0.2) is 43.0 Å². The molecule has 3 rings (SSSR count). The maximum absolute atomic E-state index is 4.69. The van der Waals surface area contributed by atoms with Crippen molar-refractivity contribution in [3.63, 3.8) is 0 Å². The van der Waals surface area contributed by atoms with Crippen LogP contribution in [-0.4, -0.2) is 14.8 Å². The molecule has 1 aromatic carbocycles. The summed E-state index contributed by atoms with van der Waals surface area (Å²) < 4.78 is 1.98. The van der Waals surface area contributed by atoms with Gasteiger partial charge < -0.3 is 0 Å². The first-order valence-corrected chi connectivity index (χ1v) is 6.50. The molecule has 0 aliphatic heterocycles. The maximum Gasteiger partial charge on any atom is 0.154 e. The van der Waals surface area contributed by atoms with Crippen LogP contribution < -0.4 is 0 Å². The fourth-order valence-corrected chi connectivity index (χ4v) is 2.05. The van der Waals surface area contributed by atoms with Crippen molar-refractivity contribution < 1.29 is 0 Å². The molecule has 0 atom stereocenters. The molecule has 1 heterocycles. The lowest BCUT2D eigenvalue weighted by Gasteiger charge is -2.04. The number of nitrogens with zero attached hydrogens (tertiary/aromatic N) is 3. The molecule has 0 N–H and O–H groups in total. The summed E-state index contributed by atoms with van der Waals surface area (Å²) in [5.41, 5.74) is 1.09. The summed E-state index contributed by atoms with van der Waals surface area (Å²) in [5.74, 6) is 2.65. The van der Waals surface area contributed by atoms with Crippen LogP contribution in [0.2, 0.25) is 0 Å². The van der Waals surface area contributed by atoms with Crippen molar-refractivity contribution in [1.82, 2.24) is 14.8 Å². The fraction of sp³-hybridized carbons (Fsp3) is 0.333. The topological polar surface area (TPSA) is 30.7 Å². The lowest BCUT2D eigenvalue weighted by atomic mass is 10.2. The van der Waals surface area contributed by atoms with Gasteiger partial charge in [-0.15, -0.1) is 6.58 Å². The molecule has 1 aliphatic carbocycles. The Hall–Kier alpha value is -1.90. The van der Waals surface area contributed by atoms with Crippen molar-refractivity contribution in [3.05, 3.63) is 54.6 Å². The Labute approximate surface area is 107 Å². The summed E-state index contributed by atoms with van der Waals surface area (Å²) in [6.45, 7) is 3.77. The number of hydrogen-bond acceptors (Lipinski definition) is 2. The van der Waals surface area contributed by atoms with Gasteiger partial charge in [0.1, 0.15) is 5.82 Å². The summed E-state index contributed by atoms with van der Waals surface area (Å²) in [6.07, 6.45) is 6.24. The molecule has 1 saturated carbocycles. The minimum Gasteiger partial charge on any atom is -0.218 e. The Morgan fingerprint density at radius 3 is 2.72 bits per heavy atom. The second-order valence-corrected chi connectivity index (χ2v) is 4.74. The molecule has 92 valence electrons. The number of rotatable bonds is 5. The summed E-state index contributed by atoms with van der Waals surface area (Å²) in [7, 11) is 0. The minimum absolute atomic E-state index is 0.595. The number of hydrogen-bond donors (Lipinski definition) is 0. The summed E-state index contributed by atoms with van der Waals surface area (Å²) >= 11 is 0. The Balaban J connectivity index is 1.97. The molecule has 3 nitrogen and oxygen atoms in total. The van der Waals surface area contributed by atoms with Crippen LogP contribution in [0.5, 0.6) is 0 Å². The van der Waals surface area contributed by atoms with Crippen LogP contribution in [0, 0.1) is 0 Å². The predicted octanol–water partition coefficient (Wildman–Crippen LogP) is 3.26. The normalized spacial score (nSPS) is 14.7. The van der Waals surface area contributed by atoms with Gasteiger partial charge in [-0.3, -0.25) is 0 Å². The highest BCUT2D eigenvalue weighted by Gasteiger charge is 2.28. The molecule has 3 heteroatoms. The van der Waals surface area contributed by atoms with E-state index in [4.69, 9.17) is 4.98 Å². The van der Waals surface area contributed by atoms with Gasteiger partial charge in [0.25, 0.3) is 0 Å². The van der Waals surface area contributed by atoms with Crippen molar-refractivity contribution >= 4 is 0 Å². The van der Waals surface area contributed by atoms with E-state index in [9.17, 15) is 0 Å². The van der Waals surface area contributed by atoms with Gasteiger partial charge in [0.2, 0.25) is 0 Å². The quantitative estimate of drug-likeness (QED) is 0.750. The third kappa shape index (κ3) is 2.21. The molecule has 1 aromatic heterocycles. The third-order valence-electron chi connectivity index (χ3n) is 3.21. The Morgan fingerprint density at radius 1 is 1.28 bits per heavy atom. The lowest BCUT2D eigenvalue weighted by molar-refractivity contribution is 0.772. The summed E-state index contributed by atoms with van der Waals surface area (Å²) in [4.78, 5) is 4.69. The van der Waals surface area contributed by atoms with Crippen LogP contribution in [0.4, 0.5) is 0 Å². The second-order valence-electron chi connectivity index (χ2n) is 4.74. The van der Waals surface area contributed by atoms with Gasteiger partial charge in [-0.2, -0.15) is 5.10 Å². The highest BCUT2D eigenvalue weighted by Crippen LogP contribution is 2.38. The summed E-state index contributed by atoms with van der Waals surface area (Å²) in [5, 5.41) is 4.67. The largest absolute Gasteiger partial charge is 0.218 e. The smallest absolute Gasteiger partial charge is 0.154 e. The van der Waals surface area contributed by atoms with E-state index in [1.165, 1.54) is 12.8 Å². The molecular formula is C15H17N3. The second kappa shape index (κ2) is 4.77. The van der Waals surface area contributed by atoms with Crippen LogP contribution in [0.3, 0.4) is 0 Å². The zero-order chi connectivity index (χ0) is 12.4. The van der Waals surface area contributed by atoms with Gasteiger partial charge >= 0.3 is 0 Å². The lowest BCUT2D eigenvalue weighted by Crippen LogP contribution is -2.02. The number of aromatic nitrogens is 3. The monoisotopic (exact) mass is 239 g/mol. The van der Waals surface area contributed by atoms with Gasteiger partial charge in [0.15, 0.2) is 5.82 Å². The van der Waals surface area contributed by atoms with Gasteiger partial charge in [-0.05, 0) is 31.4 Å². The van der Waals surface area contributed by atoms with Gasteiger partial charge in [0.05, 0.1) is 5.69 Å².